The van der Waals surface area contributed by atoms with Gasteiger partial charge in [0.2, 0.25) is 0 Å². The fourth-order valence-corrected chi connectivity index (χ4v) is 2.17. The number of nitrogens with zero attached hydrogens (tertiary/aromatic N) is 3. The molecule has 0 atom stereocenters. The van der Waals surface area contributed by atoms with Crippen molar-refractivity contribution in [3.05, 3.63) is 72.2 Å². The van der Waals surface area contributed by atoms with E-state index in [0.717, 1.165) is 12.1 Å². The average molecular weight is 355 g/mol. The van der Waals surface area contributed by atoms with E-state index in [1.54, 1.807) is 18.2 Å². The standard InChI is InChI=1S/C13H8Cl2N4O4/c14-10-2-1-3-11(15)9(10)7-16-17-12-5-4-8(18(20)21)6-13(12)19(22)23/h1-7,17H/b16-7-. The third-order valence-corrected chi connectivity index (χ3v) is 3.43. The second-order valence-corrected chi connectivity index (χ2v) is 5.04. The number of nitro groups is 2. The molecule has 23 heavy (non-hydrogen) atoms. The molecule has 118 valence electrons. The van der Waals surface area contributed by atoms with Crippen molar-refractivity contribution in [3.8, 4) is 0 Å². The van der Waals surface area contributed by atoms with E-state index in [0.29, 0.717) is 15.6 Å². The molecule has 0 aromatic heterocycles. The van der Waals surface area contributed by atoms with E-state index in [9.17, 15) is 20.2 Å². The Bertz CT molecular complexity index is 790. The maximum Gasteiger partial charge on any atom is 0.301 e. The summed E-state index contributed by atoms with van der Waals surface area (Å²) in [6.07, 6.45) is 1.30. The first kappa shape index (κ1) is 16.7. The van der Waals surface area contributed by atoms with E-state index in [1.165, 1.54) is 12.3 Å². The van der Waals surface area contributed by atoms with Crippen molar-refractivity contribution >= 4 is 46.5 Å². The molecule has 8 nitrogen and oxygen atoms in total. The van der Waals surface area contributed by atoms with Gasteiger partial charge in [-0.1, -0.05) is 29.3 Å². The Labute approximate surface area is 139 Å². The summed E-state index contributed by atoms with van der Waals surface area (Å²) >= 11 is 11.9. The molecule has 0 bridgehead atoms. The van der Waals surface area contributed by atoms with Crippen LogP contribution in [0.3, 0.4) is 0 Å². The predicted octanol–water partition coefficient (Wildman–Crippen LogP) is 4.26. The number of halogens is 2. The molecule has 2 aromatic rings. The van der Waals surface area contributed by atoms with E-state index in [-0.39, 0.29) is 11.4 Å². The van der Waals surface area contributed by atoms with Crippen LogP contribution < -0.4 is 5.43 Å². The summed E-state index contributed by atoms with van der Waals surface area (Å²) in [5.41, 5.74) is 2.03. The van der Waals surface area contributed by atoms with E-state index < -0.39 is 15.5 Å². The van der Waals surface area contributed by atoms with Crippen molar-refractivity contribution in [2.45, 2.75) is 0 Å². The number of nitrogens with one attached hydrogen (secondary N) is 1. The van der Waals surface area contributed by atoms with Crippen molar-refractivity contribution in [2.24, 2.45) is 5.10 Å². The smallest absolute Gasteiger partial charge is 0.272 e. The van der Waals surface area contributed by atoms with Crippen LogP contribution in [0, 0.1) is 20.2 Å². The van der Waals surface area contributed by atoms with E-state index >= 15 is 0 Å². The lowest BCUT2D eigenvalue weighted by Gasteiger charge is -2.03. The Balaban J connectivity index is 2.28. The number of anilines is 1. The molecule has 0 aliphatic heterocycles. The first-order valence-corrected chi connectivity index (χ1v) is 6.81. The Morgan fingerprint density at radius 1 is 1.04 bits per heavy atom. The summed E-state index contributed by atoms with van der Waals surface area (Å²) < 4.78 is 0. The second-order valence-electron chi connectivity index (χ2n) is 4.22. The van der Waals surface area contributed by atoms with Crippen molar-refractivity contribution in [2.75, 3.05) is 5.43 Å². The van der Waals surface area contributed by atoms with Gasteiger partial charge in [-0.15, -0.1) is 0 Å². The van der Waals surface area contributed by atoms with Gasteiger partial charge in [0.05, 0.1) is 32.2 Å². The molecular weight excluding hydrogens is 347 g/mol. The van der Waals surface area contributed by atoms with Gasteiger partial charge >= 0.3 is 5.69 Å². The SMILES string of the molecule is O=[N+]([O-])c1ccc(N/N=C\c2c(Cl)cccc2Cl)c([N+](=O)[O-])c1. The van der Waals surface area contributed by atoms with Gasteiger partial charge in [-0.2, -0.15) is 5.10 Å². The highest BCUT2D eigenvalue weighted by molar-refractivity contribution is 6.38. The van der Waals surface area contributed by atoms with E-state index in [4.69, 9.17) is 23.2 Å². The topological polar surface area (TPSA) is 111 Å². The molecule has 0 fully saturated rings. The molecule has 0 saturated heterocycles. The summed E-state index contributed by atoms with van der Waals surface area (Å²) in [5.74, 6) is 0. The minimum absolute atomic E-state index is 0.0000241. The number of hydrogen-bond donors (Lipinski definition) is 1. The van der Waals surface area contributed by atoms with Gasteiger partial charge in [0, 0.05) is 11.6 Å². The molecule has 0 amide bonds. The summed E-state index contributed by atoms with van der Waals surface area (Å²) in [7, 11) is 0. The van der Waals surface area contributed by atoms with Crippen LogP contribution in [0.5, 0.6) is 0 Å². The van der Waals surface area contributed by atoms with Crippen molar-refractivity contribution in [1.82, 2.24) is 0 Å². The van der Waals surface area contributed by atoms with Crippen LogP contribution in [-0.4, -0.2) is 16.1 Å². The van der Waals surface area contributed by atoms with Gasteiger partial charge in [-0.05, 0) is 18.2 Å². The number of rotatable bonds is 5. The van der Waals surface area contributed by atoms with Crippen LogP contribution in [-0.2, 0) is 0 Å². The molecule has 10 heteroatoms. The van der Waals surface area contributed by atoms with Gasteiger partial charge < -0.3 is 0 Å². The molecule has 0 aliphatic carbocycles. The Morgan fingerprint density at radius 3 is 2.26 bits per heavy atom. The minimum Gasteiger partial charge on any atom is -0.272 e. The number of hydrogen-bond acceptors (Lipinski definition) is 6. The molecule has 2 aromatic carbocycles. The average Bonchev–Trinajstić information content (AvgIpc) is 2.50. The summed E-state index contributed by atoms with van der Waals surface area (Å²) in [5, 5.41) is 26.2. The second kappa shape index (κ2) is 7.03. The molecule has 0 aliphatic rings. The number of nitro benzene ring substituents is 2. The van der Waals surface area contributed by atoms with Gasteiger partial charge in [0.1, 0.15) is 5.69 Å². The quantitative estimate of drug-likeness (QED) is 0.489. The maximum absolute atomic E-state index is 11.0. The number of non-ortho nitro benzene ring substituents is 1. The number of hydrazone groups is 1. The molecular formula is C13H8Cl2N4O4. The predicted molar refractivity (Wildman–Crippen MR) is 87.4 cm³/mol. The van der Waals surface area contributed by atoms with Gasteiger partial charge in [0.25, 0.3) is 5.69 Å². The van der Waals surface area contributed by atoms with Gasteiger partial charge in [0.15, 0.2) is 0 Å². The molecule has 2 rings (SSSR count). The zero-order valence-electron chi connectivity index (χ0n) is 11.3. The van der Waals surface area contributed by atoms with Gasteiger partial charge in [-0.25, -0.2) is 0 Å². The first-order valence-electron chi connectivity index (χ1n) is 6.06. The fourth-order valence-electron chi connectivity index (χ4n) is 1.68. The van der Waals surface area contributed by atoms with E-state index in [2.05, 4.69) is 10.5 Å². The van der Waals surface area contributed by atoms with Crippen LogP contribution in [0.2, 0.25) is 10.0 Å². The fraction of sp³-hybridized carbons (Fsp3) is 0. The lowest BCUT2D eigenvalue weighted by Crippen LogP contribution is -1.99. The molecule has 0 spiro atoms. The number of benzene rings is 2. The Morgan fingerprint density at radius 2 is 1.70 bits per heavy atom. The van der Waals surface area contributed by atoms with Crippen LogP contribution >= 0.6 is 23.2 Å². The zero-order valence-corrected chi connectivity index (χ0v) is 12.8. The highest BCUT2D eigenvalue weighted by Crippen LogP contribution is 2.29. The monoisotopic (exact) mass is 354 g/mol. The lowest BCUT2D eigenvalue weighted by atomic mass is 10.2. The molecule has 0 unspecified atom stereocenters. The Hall–Kier alpha value is -2.71. The summed E-state index contributed by atoms with van der Waals surface area (Å²) in [6, 6.07) is 8.07. The maximum atomic E-state index is 11.0. The van der Waals surface area contributed by atoms with Crippen LogP contribution in [0.25, 0.3) is 0 Å². The first-order chi connectivity index (χ1) is 10.9. The van der Waals surface area contributed by atoms with E-state index in [1.807, 2.05) is 0 Å². The minimum atomic E-state index is -0.743. The van der Waals surface area contributed by atoms with Crippen molar-refractivity contribution < 1.29 is 9.85 Å². The van der Waals surface area contributed by atoms with Crippen LogP contribution in [0.1, 0.15) is 5.56 Å². The zero-order chi connectivity index (χ0) is 17.0. The molecule has 0 saturated carbocycles. The van der Waals surface area contributed by atoms with Crippen molar-refractivity contribution in [3.63, 3.8) is 0 Å². The van der Waals surface area contributed by atoms with Crippen LogP contribution in [0.4, 0.5) is 17.1 Å². The van der Waals surface area contributed by atoms with Gasteiger partial charge in [-0.3, -0.25) is 25.7 Å². The lowest BCUT2D eigenvalue weighted by molar-refractivity contribution is -0.393. The highest BCUT2D eigenvalue weighted by atomic mass is 35.5. The molecule has 0 heterocycles. The summed E-state index contributed by atoms with van der Waals surface area (Å²) in [4.78, 5) is 20.2. The van der Waals surface area contributed by atoms with Crippen molar-refractivity contribution in [1.29, 1.82) is 0 Å². The largest absolute Gasteiger partial charge is 0.301 e. The molecule has 1 N–H and O–H groups in total. The third kappa shape index (κ3) is 3.93. The van der Waals surface area contributed by atoms with Crippen LogP contribution in [0.15, 0.2) is 41.5 Å². The summed E-state index contributed by atoms with van der Waals surface area (Å²) in [6.45, 7) is 0. The molecule has 0 radical (unpaired) electrons. The normalized spacial score (nSPS) is 10.7. The third-order valence-electron chi connectivity index (χ3n) is 2.77. The highest BCUT2D eigenvalue weighted by Gasteiger charge is 2.19. The Kier molecular flexibility index (Phi) is 5.09.